The summed E-state index contributed by atoms with van der Waals surface area (Å²) >= 11 is 0. The first kappa shape index (κ1) is 6.27. The Balaban J connectivity index is 2.74. The molecule has 0 bridgehead atoms. The molecule has 48 valence electrons. The molecule has 0 aromatic heterocycles. The van der Waals surface area contributed by atoms with E-state index in [0.29, 0.717) is 0 Å². The van der Waals surface area contributed by atoms with E-state index in [9.17, 15) is 0 Å². The monoisotopic (exact) mass is 121 g/mol. The van der Waals surface area contributed by atoms with Crippen LogP contribution in [0.2, 0.25) is 0 Å². The van der Waals surface area contributed by atoms with Crippen LogP contribution in [0.25, 0.3) is 0 Å². The lowest BCUT2D eigenvalue weighted by Gasteiger charge is -2.04. The summed E-state index contributed by atoms with van der Waals surface area (Å²) in [6, 6.07) is 0. The zero-order chi connectivity index (χ0) is 6.69. The largest absolute Gasteiger partial charge is 0.308 e. The van der Waals surface area contributed by atoms with Crippen LogP contribution in [0.15, 0.2) is 23.3 Å². The summed E-state index contributed by atoms with van der Waals surface area (Å²) in [5, 5.41) is 6.95. The lowest BCUT2D eigenvalue weighted by atomic mass is 10.0. The third-order valence-corrected chi connectivity index (χ3v) is 1.50. The summed E-state index contributed by atoms with van der Waals surface area (Å²) in [5.74, 6) is 0. The van der Waals surface area contributed by atoms with Crippen LogP contribution in [0, 0.1) is 5.41 Å². The van der Waals surface area contributed by atoms with Gasteiger partial charge in [-0.1, -0.05) is 17.7 Å². The molecule has 0 radical (unpaired) electrons. The van der Waals surface area contributed by atoms with E-state index in [4.69, 9.17) is 5.41 Å². The van der Waals surface area contributed by atoms with Crippen molar-refractivity contribution in [2.45, 2.75) is 19.8 Å². The van der Waals surface area contributed by atoms with E-state index in [-0.39, 0.29) is 0 Å². The smallest absolute Gasteiger partial charge is 0.0247 e. The first-order chi connectivity index (χ1) is 4.33. The highest BCUT2D eigenvalue weighted by molar-refractivity contribution is 5.80. The van der Waals surface area contributed by atoms with Gasteiger partial charge >= 0.3 is 0 Å². The maximum atomic E-state index is 6.95. The summed E-state index contributed by atoms with van der Waals surface area (Å²) < 4.78 is 0. The normalized spacial score (nSPS) is 18.3. The third kappa shape index (κ3) is 1.53. The van der Waals surface area contributed by atoms with Gasteiger partial charge in [-0.05, 0) is 25.3 Å². The molecule has 1 aliphatic carbocycles. The summed E-state index contributed by atoms with van der Waals surface area (Å²) in [7, 11) is 0. The number of rotatable bonds is 1. The Labute approximate surface area is 55.6 Å². The van der Waals surface area contributed by atoms with Crippen molar-refractivity contribution in [3.8, 4) is 0 Å². The zero-order valence-electron chi connectivity index (χ0n) is 5.65. The molecular weight excluding hydrogens is 110 g/mol. The Morgan fingerprint density at radius 2 is 2.44 bits per heavy atom. The van der Waals surface area contributed by atoms with Gasteiger partial charge in [0.1, 0.15) is 0 Å². The van der Waals surface area contributed by atoms with Crippen molar-refractivity contribution in [3.05, 3.63) is 23.3 Å². The predicted octanol–water partition coefficient (Wildman–Crippen LogP) is 2.30. The molecule has 0 atom stereocenters. The summed E-state index contributed by atoms with van der Waals surface area (Å²) in [4.78, 5) is 0. The Morgan fingerprint density at radius 1 is 1.67 bits per heavy atom. The minimum Gasteiger partial charge on any atom is -0.308 e. The molecule has 1 rings (SSSR count). The molecule has 0 aromatic rings. The van der Waals surface area contributed by atoms with Gasteiger partial charge < -0.3 is 5.41 Å². The molecule has 0 aromatic carbocycles. The fourth-order valence-corrected chi connectivity index (χ4v) is 0.983. The highest BCUT2D eigenvalue weighted by atomic mass is 14.3. The zero-order valence-corrected chi connectivity index (χ0v) is 5.65. The SMILES string of the molecule is CC1=CC(C=N)=CCC1. The van der Waals surface area contributed by atoms with Crippen LogP contribution in [0.4, 0.5) is 0 Å². The van der Waals surface area contributed by atoms with E-state index >= 15 is 0 Å². The molecule has 0 heterocycles. The van der Waals surface area contributed by atoms with Crippen molar-refractivity contribution >= 4 is 6.21 Å². The number of allylic oxidation sites excluding steroid dienone is 4. The van der Waals surface area contributed by atoms with Crippen LogP contribution in [0.1, 0.15) is 19.8 Å². The summed E-state index contributed by atoms with van der Waals surface area (Å²) in [6.45, 7) is 2.11. The molecule has 0 saturated carbocycles. The molecular formula is C8H11N. The van der Waals surface area contributed by atoms with Crippen LogP contribution >= 0.6 is 0 Å². The maximum absolute atomic E-state index is 6.95. The number of hydrogen-bond acceptors (Lipinski definition) is 1. The Hall–Kier alpha value is -0.850. The summed E-state index contributed by atoms with van der Waals surface area (Å²) in [6.07, 6.45) is 7.84. The van der Waals surface area contributed by atoms with Gasteiger partial charge in [-0.2, -0.15) is 0 Å². The Bertz CT molecular complexity index is 175. The van der Waals surface area contributed by atoms with E-state index in [1.54, 1.807) is 0 Å². The molecule has 1 N–H and O–H groups in total. The van der Waals surface area contributed by atoms with Crippen LogP contribution in [0.5, 0.6) is 0 Å². The van der Waals surface area contributed by atoms with Gasteiger partial charge in [0.2, 0.25) is 0 Å². The average Bonchev–Trinajstić information content (AvgIpc) is 1.88. The third-order valence-electron chi connectivity index (χ3n) is 1.50. The van der Waals surface area contributed by atoms with E-state index in [0.717, 1.165) is 18.4 Å². The van der Waals surface area contributed by atoms with Crippen LogP contribution < -0.4 is 0 Å². The highest BCUT2D eigenvalue weighted by Gasteiger charge is 1.96. The average molecular weight is 121 g/mol. The highest BCUT2D eigenvalue weighted by Crippen LogP contribution is 2.14. The lowest BCUT2D eigenvalue weighted by Crippen LogP contribution is -1.88. The van der Waals surface area contributed by atoms with Gasteiger partial charge in [-0.25, -0.2) is 0 Å². The summed E-state index contributed by atoms with van der Waals surface area (Å²) in [5.41, 5.74) is 2.44. The van der Waals surface area contributed by atoms with Gasteiger partial charge in [0.25, 0.3) is 0 Å². The van der Waals surface area contributed by atoms with Crippen LogP contribution in [-0.4, -0.2) is 6.21 Å². The molecule has 1 aliphatic rings. The van der Waals surface area contributed by atoms with E-state index in [2.05, 4.69) is 19.1 Å². The fourth-order valence-electron chi connectivity index (χ4n) is 0.983. The van der Waals surface area contributed by atoms with Crippen molar-refractivity contribution in [2.24, 2.45) is 0 Å². The van der Waals surface area contributed by atoms with Crippen molar-refractivity contribution in [1.29, 1.82) is 5.41 Å². The topological polar surface area (TPSA) is 23.9 Å². The second kappa shape index (κ2) is 2.62. The molecule has 9 heavy (non-hydrogen) atoms. The van der Waals surface area contributed by atoms with Gasteiger partial charge in [-0.15, -0.1) is 0 Å². The second-order valence-corrected chi connectivity index (χ2v) is 2.38. The molecule has 0 spiro atoms. The van der Waals surface area contributed by atoms with Gasteiger partial charge in [-0.3, -0.25) is 0 Å². The quantitative estimate of drug-likeness (QED) is 0.515. The van der Waals surface area contributed by atoms with Gasteiger partial charge in [0, 0.05) is 6.21 Å². The van der Waals surface area contributed by atoms with E-state index in [1.807, 2.05) is 0 Å². The standard InChI is InChI=1S/C8H11N/c1-7-3-2-4-8(5-7)6-9/h4-6,9H,2-3H2,1H3. The molecule has 0 aliphatic heterocycles. The number of nitrogens with one attached hydrogen (secondary N) is 1. The molecule has 1 nitrogen and oxygen atoms in total. The van der Waals surface area contributed by atoms with Gasteiger partial charge in [0.15, 0.2) is 0 Å². The predicted molar refractivity (Wildman–Crippen MR) is 39.9 cm³/mol. The molecule has 1 heteroatoms. The van der Waals surface area contributed by atoms with Crippen molar-refractivity contribution < 1.29 is 0 Å². The van der Waals surface area contributed by atoms with Crippen molar-refractivity contribution in [3.63, 3.8) is 0 Å². The first-order valence-corrected chi connectivity index (χ1v) is 3.21. The van der Waals surface area contributed by atoms with Crippen molar-refractivity contribution in [2.75, 3.05) is 0 Å². The maximum Gasteiger partial charge on any atom is 0.0247 e. The molecule has 0 amide bonds. The number of hydrogen-bond donors (Lipinski definition) is 1. The van der Waals surface area contributed by atoms with Crippen LogP contribution in [-0.2, 0) is 0 Å². The second-order valence-electron chi connectivity index (χ2n) is 2.38. The molecule has 0 saturated heterocycles. The fraction of sp³-hybridized carbons (Fsp3) is 0.375. The van der Waals surface area contributed by atoms with Crippen LogP contribution in [0.3, 0.4) is 0 Å². The molecule has 0 unspecified atom stereocenters. The van der Waals surface area contributed by atoms with Crippen molar-refractivity contribution in [1.82, 2.24) is 0 Å². The minimum atomic E-state index is 1.05. The Kier molecular flexibility index (Phi) is 1.83. The molecule has 0 fully saturated rings. The van der Waals surface area contributed by atoms with E-state index < -0.39 is 0 Å². The van der Waals surface area contributed by atoms with E-state index in [1.165, 1.54) is 11.8 Å². The van der Waals surface area contributed by atoms with Gasteiger partial charge in [0.05, 0.1) is 0 Å². The lowest BCUT2D eigenvalue weighted by molar-refractivity contribution is 0.956. The Morgan fingerprint density at radius 3 is 2.89 bits per heavy atom. The first-order valence-electron chi connectivity index (χ1n) is 3.21. The minimum absolute atomic E-state index is 1.05.